The highest BCUT2D eigenvalue weighted by molar-refractivity contribution is 9.10. The van der Waals surface area contributed by atoms with Crippen LogP contribution < -0.4 is 0 Å². The first-order valence-corrected chi connectivity index (χ1v) is 8.18. The van der Waals surface area contributed by atoms with Crippen LogP contribution >= 0.6 is 26.6 Å². The maximum atomic E-state index is 11.4. The normalized spacial score (nSPS) is 11.7. The van der Waals surface area contributed by atoms with Crippen molar-refractivity contribution in [2.24, 2.45) is 0 Å². The second-order valence-electron chi connectivity index (χ2n) is 3.47. The van der Waals surface area contributed by atoms with E-state index in [2.05, 4.69) is 26.1 Å². The van der Waals surface area contributed by atoms with Gasteiger partial charge in [-0.3, -0.25) is 4.57 Å². The Bertz CT molecular complexity index is 684. The lowest BCUT2D eigenvalue weighted by Crippen LogP contribution is -2.06. The molecule has 0 atom stereocenters. The van der Waals surface area contributed by atoms with Crippen LogP contribution in [0.4, 0.5) is 0 Å². The molecule has 8 heteroatoms. The molecule has 0 aliphatic carbocycles. The third-order valence-electron chi connectivity index (χ3n) is 2.37. The van der Waals surface area contributed by atoms with E-state index in [9.17, 15) is 8.42 Å². The summed E-state index contributed by atoms with van der Waals surface area (Å²) in [6.45, 7) is 2.21. The molecule has 0 amide bonds. The minimum atomic E-state index is -3.90. The monoisotopic (exact) mass is 349 g/mol. The molecule has 0 aliphatic heterocycles. The van der Waals surface area contributed by atoms with Crippen molar-refractivity contribution in [1.82, 2.24) is 14.8 Å². The maximum absolute atomic E-state index is 11.4. The molecule has 1 heterocycles. The van der Waals surface area contributed by atoms with Crippen LogP contribution in [0.3, 0.4) is 0 Å². The topological polar surface area (TPSA) is 64.8 Å². The largest absolute Gasteiger partial charge is 0.297 e. The molecule has 2 aromatic rings. The molecule has 0 radical (unpaired) electrons. The average molecular weight is 351 g/mol. The molecule has 0 unspecified atom stereocenters. The van der Waals surface area contributed by atoms with Crippen LogP contribution in [-0.4, -0.2) is 23.2 Å². The summed E-state index contributed by atoms with van der Waals surface area (Å²) in [5, 5.41) is 7.31. The minimum Gasteiger partial charge on any atom is -0.297 e. The first-order valence-electron chi connectivity index (χ1n) is 5.08. The van der Waals surface area contributed by atoms with Crippen molar-refractivity contribution in [3.8, 4) is 11.4 Å². The van der Waals surface area contributed by atoms with Gasteiger partial charge < -0.3 is 0 Å². The summed E-state index contributed by atoms with van der Waals surface area (Å²) < 4.78 is 25.0. The van der Waals surface area contributed by atoms with Crippen LogP contribution in [0, 0.1) is 0 Å². The molecule has 96 valence electrons. The van der Waals surface area contributed by atoms with E-state index >= 15 is 0 Å². The van der Waals surface area contributed by atoms with Gasteiger partial charge >= 0.3 is 0 Å². The molecule has 0 saturated heterocycles. The van der Waals surface area contributed by atoms with Crippen LogP contribution in [0.15, 0.2) is 33.9 Å². The lowest BCUT2D eigenvalue weighted by Gasteiger charge is -2.06. The van der Waals surface area contributed by atoms with Crippen molar-refractivity contribution in [3.63, 3.8) is 0 Å². The quantitative estimate of drug-likeness (QED) is 0.798. The summed E-state index contributed by atoms with van der Waals surface area (Å²) in [6, 6.07) is 7.37. The van der Waals surface area contributed by atoms with E-state index in [1.165, 1.54) is 4.57 Å². The highest BCUT2D eigenvalue weighted by atomic mass is 79.9. The fourth-order valence-electron chi connectivity index (χ4n) is 1.60. The van der Waals surface area contributed by atoms with Gasteiger partial charge in [0.05, 0.1) is 0 Å². The summed E-state index contributed by atoms with van der Waals surface area (Å²) in [4.78, 5) is 0. The number of benzene rings is 1. The van der Waals surface area contributed by atoms with Crippen molar-refractivity contribution < 1.29 is 8.42 Å². The van der Waals surface area contributed by atoms with Gasteiger partial charge in [-0.2, -0.15) is 0 Å². The standard InChI is InChI=1S/C10H9BrClN3O2S/c1-2-15-9(7-5-3-4-6-8(7)11)13-14-10(15)18(12,16)17/h3-6H,2H2,1H3. The summed E-state index contributed by atoms with van der Waals surface area (Å²) in [5.74, 6) is 0.462. The first-order chi connectivity index (χ1) is 8.45. The van der Waals surface area contributed by atoms with Gasteiger partial charge in [-0.05, 0) is 13.0 Å². The van der Waals surface area contributed by atoms with Crippen molar-refractivity contribution in [3.05, 3.63) is 28.7 Å². The highest BCUT2D eigenvalue weighted by Crippen LogP contribution is 2.28. The van der Waals surface area contributed by atoms with E-state index in [1.807, 2.05) is 24.3 Å². The molecule has 0 spiro atoms. The zero-order valence-electron chi connectivity index (χ0n) is 9.34. The van der Waals surface area contributed by atoms with Crippen LogP contribution in [0.2, 0.25) is 0 Å². The molecule has 0 N–H and O–H groups in total. The molecule has 0 fully saturated rings. The summed E-state index contributed by atoms with van der Waals surface area (Å²) in [6.07, 6.45) is 0. The van der Waals surface area contributed by atoms with Crippen LogP contribution in [-0.2, 0) is 15.6 Å². The second-order valence-corrected chi connectivity index (χ2v) is 6.78. The Kier molecular flexibility index (Phi) is 3.74. The van der Waals surface area contributed by atoms with Crippen molar-refractivity contribution in [1.29, 1.82) is 0 Å². The molecular weight excluding hydrogens is 342 g/mol. The maximum Gasteiger partial charge on any atom is 0.296 e. The Morgan fingerprint density at radius 1 is 1.33 bits per heavy atom. The lowest BCUT2D eigenvalue weighted by atomic mass is 10.2. The van der Waals surface area contributed by atoms with Crippen molar-refractivity contribution >= 4 is 35.7 Å². The smallest absolute Gasteiger partial charge is 0.296 e. The molecule has 1 aromatic heterocycles. The van der Waals surface area contributed by atoms with E-state index < -0.39 is 9.05 Å². The molecule has 0 saturated carbocycles. The number of hydrogen-bond acceptors (Lipinski definition) is 4. The first kappa shape index (κ1) is 13.5. The van der Waals surface area contributed by atoms with Crippen LogP contribution in [0.1, 0.15) is 6.92 Å². The van der Waals surface area contributed by atoms with Gasteiger partial charge in [0.2, 0.25) is 0 Å². The number of halogens is 2. The Balaban J connectivity index is 2.68. The number of rotatable bonds is 3. The van der Waals surface area contributed by atoms with Gasteiger partial charge in [0.15, 0.2) is 5.82 Å². The number of nitrogens with zero attached hydrogens (tertiary/aromatic N) is 3. The summed E-state index contributed by atoms with van der Waals surface area (Å²) >= 11 is 3.39. The molecule has 5 nitrogen and oxygen atoms in total. The van der Waals surface area contributed by atoms with Gasteiger partial charge in [0.25, 0.3) is 14.2 Å². The second kappa shape index (κ2) is 4.99. The fourth-order valence-corrected chi connectivity index (χ4v) is 3.02. The number of hydrogen-bond donors (Lipinski definition) is 0. The van der Waals surface area contributed by atoms with Crippen LogP contribution in [0.25, 0.3) is 11.4 Å². The molecule has 0 bridgehead atoms. The molecule has 0 aliphatic rings. The van der Waals surface area contributed by atoms with E-state index in [-0.39, 0.29) is 5.16 Å². The molecule has 18 heavy (non-hydrogen) atoms. The average Bonchev–Trinajstić information content (AvgIpc) is 2.72. The molecular formula is C10H9BrClN3O2S. The van der Waals surface area contributed by atoms with Gasteiger partial charge in [-0.15, -0.1) is 10.2 Å². The predicted molar refractivity (Wildman–Crippen MR) is 71.9 cm³/mol. The summed E-state index contributed by atoms with van der Waals surface area (Å²) in [5.41, 5.74) is 0.762. The third kappa shape index (κ3) is 2.43. The number of aromatic nitrogens is 3. The molecule has 2 rings (SSSR count). The van der Waals surface area contributed by atoms with Crippen molar-refractivity contribution in [2.45, 2.75) is 18.6 Å². The van der Waals surface area contributed by atoms with E-state index in [0.717, 1.165) is 10.0 Å². The molecule has 1 aromatic carbocycles. The van der Waals surface area contributed by atoms with Gasteiger partial charge in [-0.25, -0.2) is 8.42 Å². The Morgan fingerprint density at radius 3 is 2.56 bits per heavy atom. The SMILES string of the molecule is CCn1c(-c2ccccc2Br)nnc1S(=O)(=O)Cl. The highest BCUT2D eigenvalue weighted by Gasteiger charge is 2.23. The Hall–Kier alpha value is -0.920. The van der Waals surface area contributed by atoms with E-state index in [4.69, 9.17) is 10.7 Å². The van der Waals surface area contributed by atoms with Gasteiger partial charge in [-0.1, -0.05) is 34.1 Å². The fraction of sp³-hybridized carbons (Fsp3) is 0.200. The van der Waals surface area contributed by atoms with Gasteiger partial charge in [0.1, 0.15) is 0 Å². The van der Waals surface area contributed by atoms with Crippen molar-refractivity contribution in [2.75, 3.05) is 0 Å². The summed E-state index contributed by atoms with van der Waals surface area (Å²) in [7, 11) is 1.42. The van der Waals surface area contributed by atoms with E-state index in [0.29, 0.717) is 12.4 Å². The zero-order chi connectivity index (χ0) is 13.3. The van der Waals surface area contributed by atoms with E-state index in [1.54, 1.807) is 6.92 Å². The third-order valence-corrected chi connectivity index (χ3v) is 4.21. The Labute approximate surface area is 117 Å². The zero-order valence-corrected chi connectivity index (χ0v) is 12.5. The predicted octanol–water partition coefficient (Wildman–Crippen LogP) is 2.66. The Morgan fingerprint density at radius 2 is 2.00 bits per heavy atom. The lowest BCUT2D eigenvalue weighted by molar-refractivity contribution is 0.582. The van der Waals surface area contributed by atoms with Gasteiger partial charge in [0, 0.05) is 27.3 Å². The minimum absolute atomic E-state index is 0.239. The van der Waals surface area contributed by atoms with Crippen LogP contribution in [0.5, 0.6) is 0 Å².